The highest BCUT2D eigenvalue weighted by Crippen LogP contribution is 2.30. The summed E-state index contributed by atoms with van der Waals surface area (Å²) in [6, 6.07) is 18.3. The van der Waals surface area contributed by atoms with Gasteiger partial charge >= 0.3 is 0 Å². The molecule has 1 fully saturated rings. The topological polar surface area (TPSA) is 119 Å². The number of anilines is 2. The number of carbonyl (C=O) groups excluding carboxylic acids is 1. The van der Waals surface area contributed by atoms with Crippen molar-refractivity contribution in [1.29, 1.82) is 0 Å². The number of carbonyl (C=O) groups is 1. The van der Waals surface area contributed by atoms with Gasteiger partial charge in [0.05, 0.1) is 31.1 Å². The molecule has 2 N–H and O–H groups in total. The quantitative estimate of drug-likeness (QED) is 0.282. The SMILES string of the molecule is Cn1cc(-c2cccc(-n3ccc4cc(C(C)(C)C)ccc4c3=O)c2CO)cc(Nc2ccc(C(=O)N3CCOCC3)cn2)c1=O. The molecular weight excluding hydrogens is 582 g/mol. The second kappa shape index (κ2) is 12.4. The third-order valence-electron chi connectivity index (χ3n) is 8.40. The van der Waals surface area contributed by atoms with Gasteiger partial charge in [-0.2, -0.15) is 0 Å². The van der Waals surface area contributed by atoms with E-state index in [0.29, 0.717) is 65.4 Å². The molecule has 6 rings (SSSR count). The van der Waals surface area contributed by atoms with E-state index in [1.165, 1.54) is 10.8 Å². The van der Waals surface area contributed by atoms with Crippen LogP contribution in [0, 0.1) is 0 Å². The maximum Gasteiger partial charge on any atom is 0.274 e. The van der Waals surface area contributed by atoms with Gasteiger partial charge in [-0.3, -0.25) is 19.0 Å². The first-order chi connectivity index (χ1) is 22.0. The Morgan fingerprint density at radius 3 is 2.48 bits per heavy atom. The van der Waals surface area contributed by atoms with Gasteiger partial charge in [0, 0.05) is 55.2 Å². The van der Waals surface area contributed by atoms with Crippen molar-refractivity contribution in [2.75, 3.05) is 31.6 Å². The first kappa shape index (κ1) is 30.9. The van der Waals surface area contributed by atoms with Gasteiger partial charge in [0.25, 0.3) is 17.0 Å². The monoisotopic (exact) mass is 619 g/mol. The van der Waals surface area contributed by atoms with Crippen LogP contribution in [0.2, 0.25) is 0 Å². The van der Waals surface area contributed by atoms with Crippen LogP contribution in [0.25, 0.3) is 27.6 Å². The normalized spacial score (nSPS) is 13.6. The fraction of sp³-hybridized carbons (Fsp3) is 0.278. The Labute approximate surface area is 266 Å². The van der Waals surface area contributed by atoms with Crippen LogP contribution in [0.5, 0.6) is 0 Å². The van der Waals surface area contributed by atoms with Crippen molar-refractivity contribution in [3.63, 3.8) is 0 Å². The molecule has 3 aromatic heterocycles. The maximum absolute atomic E-state index is 13.7. The molecule has 0 unspecified atom stereocenters. The van der Waals surface area contributed by atoms with Gasteiger partial charge in [-0.05, 0) is 58.3 Å². The van der Waals surface area contributed by atoms with Crippen molar-refractivity contribution in [2.24, 2.45) is 7.05 Å². The molecule has 1 saturated heterocycles. The summed E-state index contributed by atoms with van der Waals surface area (Å²) in [5.41, 5.74) is 3.79. The summed E-state index contributed by atoms with van der Waals surface area (Å²) in [6.07, 6.45) is 4.93. The van der Waals surface area contributed by atoms with Gasteiger partial charge in [-0.15, -0.1) is 0 Å². The highest BCUT2D eigenvalue weighted by Gasteiger charge is 2.20. The molecule has 4 heterocycles. The molecule has 0 atom stereocenters. The summed E-state index contributed by atoms with van der Waals surface area (Å²) in [5, 5.41) is 15.1. The molecule has 46 heavy (non-hydrogen) atoms. The molecule has 0 saturated carbocycles. The Balaban J connectivity index is 1.34. The second-order valence-electron chi connectivity index (χ2n) is 12.5. The zero-order chi connectivity index (χ0) is 32.6. The minimum absolute atomic E-state index is 0.0491. The lowest BCUT2D eigenvalue weighted by atomic mass is 9.86. The third kappa shape index (κ3) is 5.96. The summed E-state index contributed by atoms with van der Waals surface area (Å²) >= 11 is 0. The molecule has 10 nitrogen and oxygen atoms in total. The minimum Gasteiger partial charge on any atom is -0.392 e. The van der Waals surface area contributed by atoms with Crippen LogP contribution in [0.4, 0.5) is 11.5 Å². The zero-order valence-corrected chi connectivity index (χ0v) is 26.4. The van der Waals surface area contributed by atoms with Crippen LogP contribution in [0.15, 0.2) is 88.8 Å². The summed E-state index contributed by atoms with van der Waals surface area (Å²) in [7, 11) is 1.65. The number of aromatic nitrogens is 3. The number of aliphatic hydroxyl groups is 1. The Bertz CT molecular complexity index is 2050. The van der Waals surface area contributed by atoms with Crippen molar-refractivity contribution in [3.05, 3.63) is 117 Å². The van der Waals surface area contributed by atoms with Crippen LogP contribution in [-0.4, -0.2) is 56.3 Å². The van der Waals surface area contributed by atoms with Crippen molar-refractivity contribution in [3.8, 4) is 16.8 Å². The Morgan fingerprint density at radius 2 is 1.78 bits per heavy atom. The molecule has 5 aromatic rings. The lowest BCUT2D eigenvalue weighted by Crippen LogP contribution is -2.40. The number of benzene rings is 2. The summed E-state index contributed by atoms with van der Waals surface area (Å²) in [6.45, 7) is 8.17. The first-order valence-corrected chi connectivity index (χ1v) is 15.3. The number of aryl methyl sites for hydroxylation is 1. The minimum atomic E-state index is -0.329. The van der Waals surface area contributed by atoms with Crippen LogP contribution >= 0.6 is 0 Å². The molecule has 1 aliphatic heterocycles. The Kier molecular flexibility index (Phi) is 8.33. The summed E-state index contributed by atoms with van der Waals surface area (Å²) in [4.78, 5) is 45.8. The van der Waals surface area contributed by atoms with E-state index in [4.69, 9.17) is 4.74 Å². The van der Waals surface area contributed by atoms with E-state index in [1.807, 2.05) is 36.4 Å². The van der Waals surface area contributed by atoms with Crippen molar-refractivity contribution in [1.82, 2.24) is 19.0 Å². The number of rotatable bonds is 6. The summed E-state index contributed by atoms with van der Waals surface area (Å²) in [5.74, 6) is 0.290. The third-order valence-corrected chi connectivity index (χ3v) is 8.40. The number of pyridine rings is 3. The van der Waals surface area contributed by atoms with Gasteiger partial charge in [-0.25, -0.2) is 4.98 Å². The highest BCUT2D eigenvalue weighted by molar-refractivity contribution is 5.94. The maximum atomic E-state index is 13.7. The average Bonchev–Trinajstić information content (AvgIpc) is 3.06. The Morgan fingerprint density at radius 1 is 1.00 bits per heavy atom. The fourth-order valence-electron chi connectivity index (χ4n) is 5.77. The lowest BCUT2D eigenvalue weighted by molar-refractivity contribution is 0.0302. The largest absolute Gasteiger partial charge is 0.392 e. The molecule has 0 bridgehead atoms. The zero-order valence-electron chi connectivity index (χ0n) is 26.4. The van der Waals surface area contributed by atoms with E-state index in [1.54, 1.807) is 53.2 Å². The number of ether oxygens (including phenoxy) is 1. The van der Waals surface area contributed by atoms with E-state index in [-0.39, 0.29) is 34.7 Å². The molecule has 0 spiro atoms. The molecule has 2 aromatic carbocycles. The fourth-order valence-corrected chi connectivity index (χ4v) is 5.77. The number of morpholine rings is 1. The molecule has 1 aliphatic rings. The molecular formula is C36H37N5O5. The predicted octanol–water partition coefficient (Wildman–Crippen LogP) is 4.76. The standard InChI is InChI=1S/C36H37N5O5/c1-36(2,3)26-9-10-28-23(18-26)12-13-41(34(28)44)31-7-5-6-27(29(31)22-42)25-19-30(35(45)39(4)21-25)38-32-11-8-24(20-37-32)33(43)40-14-16-46-17-15-40/h5-13,18-21,42H,14-17,22H2,1-4H3,(H,37,38). The van der Waals surface area contributed by atoms with E-state index in [0.717, 1.165) is 10.9 Å². The molecule has 10 heteroatoms. The summed E-state index contributed by atoms with van der Waals surface area (Å²) < 4.78 is 8.34. The Hall–Kier alpha value is -5.06. The van der Waals surface area contributed by atoms with Crippen LogP contribution in [0.3, 0.4) is 0 Å². The number of aliphatic hydroxyl groups excluding tert-OH is 1. The highest BCUT2D eigenvalue weighted by atomic mass is 16.5. The van der Waals surface area contributed by atoms with Crippen LogP contribution in [0.1, 0.15) is 42.3 Å². The number of nitrogens with zero attached hydrogens (tertiary/aromatic N) is 4. The van der Waals surface area contributed by atoms with E-state index < -0.39 is 0 Å². The average molecular weight is 620 g/mol. The van der Waals surface area contributed by atoms with Crippen molar-refractivity contribution in [2.45, 2.75) is 32.8 Å². The van der Waals surface area contributed by atoms with E-state index in [2.05, 4.69) is 31.1 Å². The van der Waals surface area contributed by atoms with Gasteiger partial charge in [-0.1, -0.05) is 45.0 Å². The number of hydrogen-bond donors (Lipinski definition) is 2. The predicted molar refractivity (Wildman–Crippen MR) is 179 cm³/mol. The van der Waals surface area contributed by atoms with Crippen molar-refractivity contribution >= 4 is 28.2 Å². The van der Waals surface area contributed by atoms with Crippen LogP contribution < -0.4 is 16.4 Å². The van der Waals surface area contributed by atoms with Gasteiger partial charge in [0.2, 0.25) is 0 Å². The number of amides is 1. The van der Waals surface area contributed by atoms with Crippen LogP contribution in [-0.2, 0) is 23.8 Å². The molecule has 236 valence electrons. The molecule has 1 amide bonds. The van der Waals surface area contributed by atoms with E-state index >= 15 is 0 Å². The number of hydrogen-bond acceptors (Lipinski definition) is 7. The number of nitrogens with one attached hydrogen (secondary N) is 1. The van der Waals surface area contributed by atoms with Gasteiger partial charge in [0.1, 0.15) is 11.5 Å². The van der Waals surface area contributed by atoms with Crippen molar-refractivity contribution < 1.29 is 14.6 Å². The molecule has 0 aliphatic carbocycles. The second-order valence-corrected chi connectivity index (χ2v) is 12.5. The van der Waals surface area contributed by atoms with Gasteiger partial charge < -0.3 is 24.6 Å². The van der Waals surface area contributed by atoms with Gasteiger partial charge in [0.15, 0.2) is 0 Å². The van der Waals surface area contributed by atoms with E-state index in [9.17, 15) is 19.5 Å². The number of fused-ring (bicyclic) bond motifs is 1. The lowest BCUT2D eigenvalue weighted by Gasteiger charge is -2.26. The molecule has 0 radical (unpaired) electrons. The first-order valence-electron chi connectivity index (χ1n) is 15.3. The smallest absolute Gasteiger partial charge is 0.274 e.